The van der Waals surface area contributed by atoms with Gasteiger partial charge in [-0.25, -0.2) is 13.4 Å². The summed E-state index contributed by atoms with van der Waals surface area (Å²) in [5.41, 5.74) is 1.88. The minimum atomic E-state index is -3.42. The second-order valence-electron chi connectivity index (χ2n) is 5.95. The van der Waals surface area contributed by atoms with Crippen molar-refractivity contribution in [1.82, 2.24) is 9.84 Å². The maximum atomic E-state index is 12.5. The van der Waals surface area contributed by atoms with E-state index >= 15 is 0 Å². The van der Waals surface area contributed by atoms with E-state index in [0.29, 0.717) is 13.1 Å². The molecule has 2 aromatic carbocycles. The van der Waals surface area contributed by atoms with Gasteiger partial charge in [0.1, 0.15) is 0 Å². The van der Waals surface area contributed by atoms with Crippen molar-refractivity contribution in [2.75, 3.05) is 6.54 Å². The van der Waals surface area contributed by atoms with Crippen LogP contribution in [-0.2, 0) is 22.3 Å². The SMILES string of the molecule is CCCCCN(Cc1ccccc1)NS(=O)(=O)Cc1ccccc1. The molecule has 0 aliphatic rings. The first kappa shape index (κ1) is 18.6. The summed E-state index contributed by atoms with van der Waals surface area (Å²) in [5.74, 6) is -0.00704. The Morgan fingerprint density at radius 2 is 1.46 bits per heavy atom. The van der Waals surface area contributed by atoms with Crippen molar-refractivity contribution in [2.24, 2.45) is 0 Å². The molecule has 0 aliphatic heterocycles. The van der Waals surface area contributed by atoms with E-state index in [1.807, 2.05) is 65.7 Å². The molecule has 130 valence electrons. The van der Waals surface area contributed by atoms with Gasteiger partial charge in [-0.2, -0.15) is 0 Å². The molecule has 0 saturated heterocycles. The number of hydrogen-bond donors (Lipinski definition) is 1. The van der Waals surface area contributed by atoms with Crippen molar-refractivity contribution in [3.63, 3.8) is 0 Å². The highest BCUT2D eigenvalue weighted by Crippen LogP contribution is 2.09. The molecule has 0 heterocycles. The Bertz CT molecular complexity index is 688. The summed E-state index contributed by atoms with van der Waals surface area (Å²) in [6.45, 7) is 3.41. The van der Waals surface area contributed by atoms with E-state index in [4.69, 9.17) is 0 Å². The highest BCUT2D eigenvalue weighted by atomic mass is 32.2. The molecular weight excluding hydrogens is 320 g/mol. The Hall–Kier alpha value is -1.69. The molecule has 0 spiro atoms. The summed E-state index contributed by atoms with van der Waals surface area (Å²) in [6.07, 6.45) is 3.17. The summed E-state index contributed by atoms with van der Waals surface area (Å²) in [7, 11) is -3.42. The second kappa shape index (κ2) is 9.57. The summed E-state index contributed by atoms with van der Waals surface area (Å²) < 4.78 is 25.0. The molecule has 0 amide bonds. The lowest BCUT2D eigenvalue weighted by Gasteiger charge is -2.23. The van der Waals surface area contributed by atoms with Gasteiger partial charge in [0.2, 0.25) is 10.0 Å². The Morgan fingerprint density at radius 3 is 2.04 bits per heavy atom. The fourth-order valence-electron chi connectivity index (χ4n) is 2.54. The van der Waals surface area contributed by atoms with E-state index < -0.39 is 10.0 Å². The minimum Gasteiger partial charge on any atom is -0.226 e. The minimum absolute atomic E-state index is 0.00704. The van der Waals surface area contributed by atoms with E-state index in [-0.39, 0.29) is 5.75 Å². The maximum Gasteiger partial charge on any atom is 0.228 e. The zero-order chi connectivity index (χ0) is 17.3. The number of hydrazine groups is 1. The van der Waals surface area contributed by atoms with E-state index in [9.17, 15) is 8.42 Å². The predicted molar refractivity (Wildman–Crippen MR) is 98.6 cm³/mol. The molecule has 0 fully saturated rings. The molecule has 2 aromatic rings. The molecule has 24 heavy (non-hydrogen) atoms. The monoisotopic (exact) mass is 346 g/mol. The fourth-order valence-corrected chi connectivity index (χ4v) is 3.78. The van der Waals surface area contributed by atoms with Crippen LogP contribution in [0, 0.1) is 0 Å². The first-order chi connectivity index (χ1) is 11.6. The van der Waals surface area contributed by atoms with Gasteiger partial charge in [-0.15, -0.1) is 4.83 Å². The summed E-state index contributed by atoms with van der Waals surface area (Å²) in [6, 6.07) is 19.2. The van der Waals surface area contributed by atoms with E-state index in [0.717, 1.165) is 30.4 Å². The Labute approximate surface area is 145 Å². The van der Waals surface area contributed by atoms with Crippen LogP contribution in [0.3, 0.4) is 0 Å². The first-order valence-corrected chi connectivity index (χ1v) is 10.1. The lowest BCUT2D eigenvalue weighted by molar-refractivity contribution is 0.226. The van der Waals surface area contributed by atoms with Crippen molar-refractivity contribution in [3.05, 3.63) is 71.8 Å². The quantitative estimate of drug-likeness (QED) is 0.527. The van der Waals surface area contributed by atoms with E-state index in [2.05, 4.69) is 11.8 Å². The molecular formula is C19H26N2O2S. The molecule has 0 atom stereocenters. The molecule has 1 N–H and O–H groups in total. The average Bonchev–Trinajstić information content (AvgIpc) is 2.56. The smallest absolute Gasteiger partial charge is 0.226 e. The van der Waals surface area contributed by atoms with Crippen LogP contribution in [0.1, 0.15) is 37.3 Å². The highest BCUT2D eigenvalue weighted by molar-refractivity contribution is 7.88. The van der Waals surface area contributed by atoms with Gasteiger partial charge >= 0.3 is 0 Å². The third-order valence-corrected chi connectivity index (χ3v) is 4.97. The predicted octanol–water partition coefficient (Wildman–Crippen LogP) is 3.71. The van der Waals surface area contributed by atoms with E-state index in [1.54, 1.807) is 0 Å². The molecule has 0 bridgehead atoms. The molecule has 2 rings (SSSR count). The van der Waals surface area contributed by atoms with E-state index in [1.165, 1.54) is 0 Å². The van der Waals surface area contributed by atoms with Gasteiger partial charge in [0.25, 0.3) is 0 Å². The van der Waals surface area contributed by atoms with Crippen molar-refractivity contribution in [2.45, 2.75) is 38.5 Å². The Kier molecular flexibility index (Phi) is 7.43. The molecule has 0 aromatic heterocycles. The summed E-state index contributed by atoms with van der Waals surface area (Å²) in [4.78, 5) is 2.75. The van der Waals surface area contributed by atoms with Crippen LogP contribution in [0.2, 0.25) is 0 Å². The maximum absolute atomic E-state index is 12.5. The van der Waals surface area contributed by atoms with Crippen molar-refractivity contribution in [1.29, 1.82) is 0 Å². The molecule has 0 unspecified atom stereocenters. The largest absolute Gasteiger partial charge is 0.228 e. The zero-order valence-electron chi connectivity index (χ0n) is 14.2. The number of rotatable bonds is 10. The fraction of sp³-hybridized carbons (Fsp3) is 0.368. The first-order valence-electron chi connectivity index (χ1n) is 8.42. The van der Waals surface area contributed by atoms with Crippen LogP contribution in [0.5, 0.6) is 0 Å². The van der Waals surface area contributed by atoms with Gasteiger partial charge in [0.05, 0.1) is 5.75 Å². The topological polar surface area (TPSA) is 49.4 Å². The van der Waals surface area contributed by atoms with Gasteiger partial charge in [0.15, 0.2) is 0 Å². The Balaban J connectivity index is 2.02. The molecule has 5 heteroatoms. The van der Waals surface area contributed by atoms with Crippen molar-refractivity contribution in [3.8, 4) is 0 Å². The number of unbranched alkanes of at least 4 members (excludes halogenated alkanes) is 2. The van der Waals surface area contributed by atoms with Gasteiger partial charge in [0, 0.05) is 13.1 Å². The molecule has 4 nitrogen and oxygen atoms in total. The number of hydrogen-bond acceptors (Lipinski definition) is 3. The summed E-state index contributed by atoms with van der Waals surface area (Å²) >= 11 is 0. The van der Waals surface area contributed by atoms with Crippen LogP contribution in [0.25, 0.3) is 0 Å². The molecule has 0 aliphatic carbocycles. The number of nitrogens with zero attached hydrogens (tertiary/aromatic N) is 1. The third kappa shape index (κ3) is 6.83. The van der Waals surface area contributed by atoms with Gasteiger partial charge in [-0.05, 0) is 17.5 Å². The lowest BCUT2D eigenvalue weighted by atomic mass is 10.2. The number of sulfonamides is 1. The molecule has 0 saturated carbocycles. The molecule has 0 radical (unpaired) electrons. The Morgan fingerprint density at radius 1 is 0.875 bits per heavy atom. The third-order valence-electron chi connectivity index (χ3n) is 3.72. The number of benzene rings is 2. The zero-order valence-corrected chi connectivity index (χ0v) is 15.0. The second-order valence-corrected chi connectivity index (χ2v) is 7.65. The van der Waals surface area contributed by atoms with Gasteiger partial charge in [-0.1, -0.05) is 80.4 Å². The highest BCUT2D eigenvalue weighted by Gasteiger charge is 2.16. The van der Waals surface area contributed by atoms with Crippen LogP contribution < -0.4 is 4.83 Å². The van der Waals surface area contributed by atoms with Crippen molar-refractivity contribution >= 4 is 10.0 Å². The van der Waals surface area contributed by atoms with Gasteiger partial charge < -0.3 is 0 Å². The number of nitrogens with one attached hydrogen (secondary N) is 1. The normalized spacial score (nSPS) is 11.8. The lowest BCUT2D eigenvalue weighted by Crippen LogP contribution is -2.42. The standard InChI is InChI=1S/C19H26N2O2S/c1-2-3-10-15-21(16-18-11-6-4-7-12-18)20-24(22,23)17-19-13-8-5-9-14-19/h4-9,11-14,20H,2-3,10,15-17H2,1H3. The van der Waals surface area contributed by atoms with Crippen LogP contribution >= 0.6 is 0 Å². The summed E-state index contributed by atoms with van der Waals surface area (Å²) in [5, 5.41) is 1.81. The van der Waals surface area contributed by atoms with Crippen LogP contribution in [-0.4, -0.2) is 20.0 Å². The van der Waals surface area contributed by atoms with Crippen molar-refractivity contribution < 1.29 is 8.42 Å². The van der Waals surface area contributed by atoms with Crippen LogP contribution in [0.4, 0.5) is 0 Å². The van der Waals surface area contributed by atoms with Crippen LogP contribution in [0.15, 0.2) is 60.7 Å². The average molecular weight is 346 g/mol. The van der Waals surface area contributed by atoms with Gasteiger partial charge in [-0.3, -0.25) is 0 Å².